The van der Waals surface area contributed by atoms with Crippen LogP contribution < -0.4 is 5.32 Å². The maximum atomic E-state index is 10.1. The standard InChI is InChI=1S/C8H12N2O2S2/c1-5-6(2)14-8(10-5)13-4-3-9-7(11)12/h9H,3-4H2,1-2H3,(H,11,12). The average Bonchev–Trinajstić information content (AvgIpc) is 2.40. The fraction of sp³-hybridized carbons (Fsp3) is 0.500. The van der Waals surface area contributed by atoms with E-state index in [2.05, 4.69) is 10.3 Å². The normalized spacial score (nSPS) is 10.1. The van der Waals surface area contributed by atoms with Crippen LogP contribution >= 0.6 is 23.1 Å². The number of carbonyl (C=O) groups is 1. The van der Waals surface area contributed by atoms with Gasteiger partial charge in [0.25, 0.3) is 0 Å². The molecule has 0 aliphatic rings. The maximum Gasteiger partial charge on any atom is 0.404 e. The van der Waals surface area contributed by atoms with Crippen LogP contribution in [-0.4, -0.2) is 28.5 Å². The third-order valence-electron chi connectivity index (χ3n) is 1.61. The van der Waals surface area contributed by atoms with Gasteiger partial charge in [0.1, 0.15) is 4.34 Å². The first-order valence-electron chi connectivity index (χ1n) is 4.13. The zero-order valence-electron chi connectivity index (χ0n) is 8.03. The van der Waals surface area contributed by atoms with Crippen LogP contribution in [0.4, 0.5) is 4.79 Å². The minimum atomic E-state index is -0.975. The zero-order chi connectivity index (χ0) is 10.6. The van der Waals surface area contributed by atoms with Gasteiger partial charge in [0.15, 0.2) is 0 Å². The number of amides is 1. The van der Waals surface area contributed by atoms with Gasteiger partial charge in [0.2, 0.25) is 0 Å². The van der Waals surface area contributed by atoms with E-state index < -0.39 is 6.09 Å². The van der Waals surface area contributed by atoms with E-state index in [9.17, 15) is 4.79 Å². The van der Waals surface area contributed by atoms with Crippen LogP contribution in [0.15, 0.2) is 4.34 Å². The molecule has 14 heavy (non-hydrogen) atoms. The number of hydrogen-bond acceptors (Lipinski definition) is 4. The predicted molar refractivity (Wildman–Crippen MR) is 58.3 cm³/mol. The number of nitrogens with one attached hydrogen (secondary N) is 1. The first-order chi connectivity index (χ1) is 6.59. The Hall–Kier alpha value is -0.750. The van der Waals surface area contributed by atoms with Crippen LogP contribution in [0.2, 0.25) is 0 Å². The molecule has 0 unspecified atom stereocenters. The number of thioether (sulfide) groups is 1. The number of thiazole rings is 1. The van der Waals surface area contributed by atoms with Crippen LogP contribution in [-0.2, 0) is 0 Å². The molecule has 0 aliphatic heterocycles. The summed E-state index contributed by atoms with van der Waals surface area (Å²) in [5.74, 6) is 0.721. The summed E-state index contributed by atoms with van der Waals surface area (Å²) in [5, 5.41) is 10.6. The molecule has 78 valence electrons. The van der Waals surface area contributed by atoms with Crippen molar-refractivity contribution in [3.05, 3.63) is 10.6 Å². The molecule has 4 nitrogen and oxygen atoms in total. The third kappa shape index (κ3) is 3.55. The largest absolute Gasteiger partial charge is 0.465 e. The Morgan fingerprint density at radius 3 is 2.86 bits per heavy atom. The molecular weight excluding hydrogens is 220 g/mol. The summed E-state index contributed by atoms with van der Waals surface area (Å²) in [6, 6.07) is 0. The summed E-state index contributed by atoms with van der Waals surface area (Å²) >= 11 is 3.23. The highest BCUT2D eigenvalue weighted by molar-refractivity contribution is 8.01. The molecule has 0 aliphatic carbocycles. The van der Waals surface area contributed by atoms with Crippen LogP contribution in [0, 0.1) is 13.8 Å². The SMILES string of the molecule is Cc1nc(SCCNC(=O)O)sc1C. The summed E-state index contributed by atoms with van der Waals surface area (Å²) < 4.78 is 1.01. The van der Waals surface area contributed by atoms with Crippen molar-refractivity contribution >= 4 is 29.2 Å². The molecule has 0 aromatic carbocycles. The van der Waals surface area contributed by atoms with Crippen molar-refractivity contribution < 1.29 is 9.90 Å². The Balaban J connectivity index is 2.28. The zero-order valence-corrected chi connectivity index (χ0v) is 9.67. The predicted octanol–water partition coefficient (Wildman–Crippen LogP) is 2.12. The van der Waals surface area contributed by atoms with Gasteiger partial charge >= 0.3 is 6.09 Å². The Kier molecular flexibility index (Phi) is 4.21. The molecule has 1 aromatic heterocycles. The summed E-state index contributed by atoms with van der Waals surface area (Å²) in [5.41, 5.74) is 1.06. The highest BCUT2D eigenvalue weighted by Crippen LogP contribution is 2.25. The van der Waals surface area contributed by atoms with Gasteiger partial charge in [-0.3, -0.25) is 0 Å². The van der Waals surface area contributed by atoms with Gasteiger partial charge in [0.05, 0.1) is 5.69 Å². The summed E-state index contributed by atoms with van der Waals surface area (Å²) in [6.07, 6.45) is -0.975. The van der Waals surface area contributed by atoms with Crippen LogP contribution in [0.1, 0.15) is 10.6 Å². The van der Waals surface area contributed by atoms with Gasteiger partial charge in [-0.15, -0.1) is 11.3 Å². The van der Waals surface area contributed by atoms with Gasteiger partial charge in [-0.2, -0.15) is 0 Å². The van der Waals surface area contributed by atoms with E-state index in [1.54, 1.807) is 23.1 Å². The van der Waals surface area contributed by atoms with Gasteiger partial charge in [-0.1, -0.05) is 11.8 Å². The molecule has 0 spiro atoms. The van der Waals surface area contributed by atoms with E-state index in [1.807, 2.05) is 13.8 Å². The first-order valence-corrected chi connectivity index (χ1v) is 5.93. The van der Waals surface area contributed by atoms with E-state index >= 15 is 0 Å². The smallest absolute Gasteiger partial charge is 0.404 e. The van der Waals surface area contributed by atoms with Crippen molar-refractivity contribution in [2.24, 2.45) is 0 Å². The van der Waals surface area contributed by atoms with Crippen molar-refractivity contribution in [2.45, 2.75) is 18.2 Å². The maximum absolute atomic E-state index is 10.1. The first kappa shape index (κ1) is 11.3. The Morgan fingerprint density at radius 2 is 2.36 bits per heavy atom. The number of aromatic nitrogens is 1. The highest BCUT2D eigenvalue weighted by atomic mass is 32.2. The Morgan fingerprint density at radius 1 is 1.64 bits per heavy atom. The lowest BCUT2D eigenvalue weighted by atomic mass is 10.4. The van der Waals surface area contributed by atoms with Gasteiger partial charge < -0.3 is 10.4 Å². The number of hydrogen-bond donors (Lipinski definition) is 2. The number of carboxylic acid groups (broad SMARTS) is 1. The molecular formula is C8H12N2O2S2. The second-order valence-corrected chi connectivity index (χ2v) is 5.25. The van der Waals surface area contributed by atoms with Crippen molar-refractivity contribution in [3.8, 4) is 0 Å². The molecule has 1 amide bonds. The monoisotopic (exact) mass is 232 g/mol. The summed E-state index contributed by atoms with van der Waals surface area (Å²) in [4.78, 5) is 15.7. The topological polar surface area (TPSA) is 62.2 Å². The Labute approximate surface area is 90.7 Å². The van der Waals surface area contributed by atoms with E-state index in [0.717, 1.165) is 15.8 Å². The molecule has 6 heteroatoms. The molecule has 1 heterocycles. The van der Waals surface area contributed by atoms with E-state index in [-0.39, 0.29) is 0 Å². The van der Waals surface area contributed by atoms with Crippen LogP contribution in [0.3, 0.4) is 0 Å². The molecule has 0 radical (unpaired) electrons. The van der Waals surface area contributed by atoms with Crippen molar-refractivity contribution in [3.63, 3.8) is 0 Å². The van der Waals surface area contributed by atoms with Gasteiger partial charge in [0, 0.05) is 17.2 Å². The average molecular weight is 232 g/mol. The summed E-state index contributed by atoms with van der Waals surface area (Å²) in [7, 11) is 0. The molecule has 0 saturated carbocycles. The van der Waals surface area contributed by atoms with Crippen LogP contribution in [0.5, 0.6) is 0 Å². The number of rotatable bonds is 4. The van der Waals surface area contributed by atoms with Gasteiger partial charge in [-0.25, -0.2) is 9.78 Å². The number of nitrogens with zero attached hydrogens (tertiary/aromatic N) is 1. The minimum Gasteiger partial charge on any atom is -0.465 e. The van der Waals surface area contributed by atoms with Crippen molar-refractivity contribution in [2.75, 3.05) is 12.3 Å². The molecule has 0 atom stereocenters. The second kappa shape index (κ2) is 5.21. The fourth-order valence-corrected chi connectivity index (χ4v) is 2.88. The molecule has 0 saturated heterocycles. The third-order valence-corrected chi connectivity index (χ3v) is 3.83. The highest BCUT2D eigenvalue weighted by Gasteiger charge is 2.03. The lowest BCUT2D eigenvalue weighted by molar-refractivity contribution is 0.195. The second-order valence-electron chi connectivity index (χ2n) is 2.70. The van der Waals surface area contributed by atoms with Crippen molar-refractivity contribution in [1.82, 2.24) is 10.3 Å². The quantitative estimate of drug-likeness (QED) is 0.616. The minimum absolute atomic E-state index is 0.456. The van der Waals surface area contributed by atoms with E-state index in [0.29, 0.717) is 6.54 Å². The molecule has 1 aromatic rings. The summed E-state index contributed by atoms with van der Waals surface area (Å²) in [6.45, 7) is 4.47. The number of aryl methyl sites for hydroxylation is 2. The fourth-order valence-electron chi connectivity index (χ4n) is 0.801. The van der Waals surface area contributed by atoms with Gasteiger partial charge in [-0.05, 0) is 13.8 Å². The lowest BCUT2D eigenvalue weighted by Crippen LogP contribution is -2.23. The Bertz CT molecular complexity index is 306. The molecule has 0 fully saturated rings. The van der Waals surface area contributed by atoms with Crippen molar-refractivity contribution in [1.29, 1.82) is 0 Å². The lowest BCUT2D eigenvalue weighted by Gasteiger charge is -1.97. The van der Waals surface area contributed by atoms with E-state index in [1.165, 1.54) is 4.88 Å². The molecule has 2 N–H and O–H groups in total. The molecule has 0 bridgehead atoms. The van der Waals surface area contributed by atoms with E-state index in [4.69, 9.17) is 5.11 Å². The van der Waals surface area contributed by atoms with Crippen LogP contribution in [0.25, 0.3) is 0 Å². The molecule has 1 rings (SSSR count).